The van der Waals surface area contributed by atoms with Crippen molar-refractivity contribution in [1.82, 2.24) is 61.8 Å². The first-order valence-electron chi connectivity index (χ1n) is 42.1. The predicted molar refractivity (Wildman–Crippen MR) is 469 cm³/mol. The number of nitrogen functional groups attached to an aromatic ring is 1. The number of primary amides is 3. The number of aromatic amines is 1. The molecule has 25 atom stereocenters. The number of carbonyl (C=O) groups is 11. The SMILES string of the molecule is COc1cccc2c1C(=O)c1c(O)c3c(c(O)c1C2=O)C[C@@](O)(C(C)=O)C[C@@H]3O[C@H]1C[C@H](N)[C@H](O)[C@H](C)O1.Cc1c(N)nc([C@H](CC(N)=O)NC[C@H](N)C(N)=O)nc1C(=O)N[C@H](C(=O)N[C@H](C)[C@@H](O)[C@H](C)C(=O)N[C@H](C(=O)NCCc1nc(-c2nc(C(=O)NCCC[S+](C)C)cs2)cs1)[C@@H](C)O)[C@@H](O[C@@H]1O[C@@H](CO)[C@H](O)[C@@H](O)[C@@H]1O[C@@H]1O[C@@H](CO)[C@H](O)[C@@H](OC(N)=O)[C@@H]1O)c1cnc[nH]1. The van der Waals surface area contributed by atoms with E-state index < -0.39 is 265 Å². The Morgan fingerprint density at radius 1 is 0.769 bits per heavy atom. The van der Waals surface area contributed by atoms with Gasteiger partial charge >= 0.3 is 6.09 Å². The van der Waals surface area contributed by atoms with Crippen molar-refractivity contribution in [2.45, 2.75) is 226 Å². The maximum absolute atomic E-state index is 15.2. The Labute approximate surface area is 775 Å². The van der Waals surface area contributed by atoms with E-state index in [1.54, 1.807) is 17.7 Å². The first-order valence-corrected chi connectivity index (χ1v) is 46.1. The molecule has 7 heterocycles. The number of ketones is 3. The summed E-state index contributed by atoms with van der Waals surface area (Å²) in [6.45, 7) is 5.96. The summed E-state index contributed by atoms with van der Waals surface area (Å²) in [6, 6.07) is -4.10. The highest BCUT2D eigenvalue weighted by Crippen LogP contribution is 2.53. The lowest BCUT2D eigenvalue weighted by molar-refractivity contribution is -0.372. The molecule has 6 aromatic rings. The quantitative estimate of drug-likeness (QED) is 0.00967. The number of carbonyl (C=O) groups excluding carboxylic acids is 11. The highest BCUT2D eigenvalue weighted by Gasteiger charge is 2.55. The standard InChI is InChI=1S/C55H83N17O21S3.C27H29NO10/c1-20-33(69-46(72-44(20)58)25(12-31(57)76)64-13-24(56)45(59)82)50(86)71-35(41(26-14-61-19-65-26)91-54-43(39(80)37(78)29(15-73)90-54)92-53-40(81)42(93-55(60)88)38(79)30(16-74)89-53)51(87)66-22(3)36(77)21(2)47(83)70-34(23(4)75)49(85)63-10-8-32-67-28(18-94-32)52-68-27(17-95-52)48(84)62-9-7-11-96(5)6;1-10-22(30)14(28)7-17(37-10)38-16-9-27(35,11(2)29)8-13-19(16)26(34)21-20(24(13)32)23(31)12-5-4-6-15(36-3)18(12)25(21)33/h14,17-19,21-25,29-30,34-43,53-54,64,73-75,77-81H,7-13,15-16,56H2,1-6H3,(H13-,57,58,59,60,61,62,63,65,66,69,70,71,72,76,82,83,84,85,86,87,88);4-6,10,14,16-17,22,30,32,34-35H,7-9,28H2,1-3H3/p+1/t21-,22+,23+,24-,25-,29-,30-,34-,35-,36-,37-,38-,39+,40-,41-,42+,43-,53-,54-;10-,14-,16-,17-,22+,27-/m00/s1. The van der Waals surface area contributed by atoms with E-state index in [-0.39, 0.29) is 106 Å². The smallest absolute Gasteiger partial charge is 0.404 e. The molecule has 52 heteroatoms. The van der Waals surface area contributed by atoms with Crippen molar-refractivity contribution in [3.05, 3.63) is 108 Å². The Morgan fingerprint density at radius 3 is 2.08 bits per heavy atom. The van der Waals surface area contributed by atoms with Gasteiger partial charge in [-0.3, -0.25) is 47.9 Å². The van der Waals surface area contributed by atoms with E-state index in [0.717, 1.165) is 24.7 Å². The van der Waals surface area contributed by atoms with Crippen molar-refractivity contribution in [2.24, 2.45) is 34.6 Å². The van der Waals surface area contributed by atoms with E-state index in [9.17, 15) is 109 Å². The monoisotopic (exact) mass is 1940 g/mol. The summed E-state index contributed by atoms with van der Waals surface area (Å²) in [5.41, 5.74) is 31.0. The number of anilines is 1. The van der Waals surface area contributed by atoms with Gasteiger partial charge in [-0.25, -0.2) is 29.7 Å². The number of benzene rings is 2. The van der Waals surface area contributed by atoms with Crippen LogP contribution < -0.4 is 71.0 Å². The van der Waals surface area contributed by atoms with Gasteiger partial charge in [-0.15, -0.1) is 22.7 Å². The average Bonchev–Trinajstić information content (AvgIpc) is 1.01. The van der Waals surface area contributed by atoms with E-state index in [0.29, 0.717) is 22.3 Å². The number of aromatic hydroxyl groups is 2. The van der Waals surface area contributed by atoms with Crippen LogP contribution in [0.2, 0.25) is 0 Å². The molecule has 134 heavy (non-hydrogen) atoms. The van der Waals surface area contributed by atoms with E-state index in [2.05, 4.69) is 74.3 Å². The summed E-state index contributed by atoms with van der Waals surface area (Å²) in [5, 5.41) is 152. The lowest BCUT2D eigenvalue weighted by atomic mass is 9.72. The molecule has 3 saturated heterocycles. The second kappa shape index (κ2) is 45.8. The minimum Gasteiger partial charge on any atom is -0.507 e. The van der Waals surface area contributed by atoms with Gasteiger partial charge in [0.25, 0.3) is 11.8 Å². The zero-order chi connectivity index (χ0) is 98.7. The number of methoxy groups -OCH3 is 1. The lowest BCUT2D eigenvalue weighted by Crippen LogP contribution is -2.65. The second-order valence-corrected chi connectivity index (χ2v) is 37.1. The molecule has 2 aromatic carbocycles. The molecule has 0 unspecified atom stereocenters. The number of ether oxygens (including phenoxy) is 8. The van der Waals surface area contributed by atoms with Crippen molar-refractivity contribution in [3.63, 3.8) is 0 Å². The van der Waals surface area contributed by atoms with Gasteiger partial charge in [-0.1, -0.05) is 19.1 Å². The van der Waals surface area contributed by atoms with Crippen molar-refractivity contribution < 1.29 is 152 Å². The number of thiazole rings is 2. The third kappa shape index (κ3) is 24.4. The molecule has 5 aliphatic rings. The maximum atomic E-state index is 15.2. The number of amides is 8. The normalized spacial score (nSPS) is 25.8. The lowest BCUT2D eigenvalue weighted by Gasteiger charge is -2.47. The van der Waals surface area contributed by atoms with Gasteiger partial charge in [0.2, 0.25) is 35.3 Å². The Kier molecular flexibility index (Phi) is 36.0. The number of H-pyrrole nitrogens is 1. The summed E-state index contributed by atoms with van der Waals surface area (Å²) in [6.07, 6.45) is -24.5. The van der Waals surface area contributed by atoms with Crippen molar-refractivity contribution in [3.8, 4) is 28.0 Å². The fourth-order valence-electron chi connectivity index (χ4n) is 15.5. The van der Waals surface area contributed by atoms with Gasteiger partial charge in [0.1, 0.15) is 123 Å². The number of nitrogens with two attached hydrogens (primary N) is 6. The van der Waals surface area contributed by atoms with E-state index in [1.807, 2.05) is 0 Å². The molecular formula is C82H113N18O31S3+. The third-order valence-corrected chi connectivity index (χ3v) is 26.0. The van der Waals surface area contributed by atoms with E-state index in [1.165, 1.54) is 82.6 Å². The summed E-state index contributed by atoms with van der Waals surface area (Å²) in [5.74, 6) is -10.9. The minimum absolute atomic E-state index is 0.00498. The number of aliphatic hydroxyl groups excluding tert-OH is 9. The van der Waals surface area contributed by atoms with Crippen molar-refractivity contribution in [1.29, 1.82) is 0 Å². The third-order valence-electron chi connectivity index (χ3n) is 23.1. The highest BCUT2D eigenvalue weighted by molar-refractivity contribution is 7.95. The molecule has 3 aliphatic heterocycles. The molecule has 0 saturated carbocycles. The van der Waals surface area contributed by atoms with Crippen molar-refractivity contribution in [2.75, 3.05) is 64.0 Å². The van der Waals surface area contributed by atoms with Gasteiger partial charge in [0.15, 0.2) is 36.5 Å². The van der Waals surface area contributed by atoms with Crippen LogP contribution in [0.15, 0.2) is 41.5 Å². The number of nitrogens with one attached hydrogen (secondary N) is 7. The Balaban J connectivity index is 0.000000402. The number of Topliss-reactive ketones (excluding diaryl/α,β-unsaturated/α-hetero) is 1. The highest BCUT2D eigenvalue weighted by atomic mass is 32.2. The molecule has 31 N–H and O–H groups in total. The van der Waals surface area contributed by atoms with Crippen LogP contribution in [0.3, 0.4) is 0 Å². The number of hydrogen-bond acceptors (Lipinski definition) is 42. The topological polar surface area (TPSA) is 813 Å². The molecule has 2 aliphatic carbocycles. The average molecular weight is 1940 g/mol. The van der Waals surface area contributed by atoms with E-state index >= 15 is 4.79 Å². The number of aromatic nitrogens is 6. The minimum atomic E-state index is -2.20. The first-order chi connectivity index (χ1) is 63.2. The number of hydrogen-bond donors (Lipinski definition) is 25. The maximum Gasteiger partial charge on any atom is 0.404 e. The number of phenols is 2. The van der Waals surface area contributed by atoms with Crippen LogP contribution in [0.1, 0.15) is 165 Å². The van der Waals surface area contributed by atoms with Gasteiger partial charge < -0.3 is 170 Å². The Bertz CT molecular complexity index is 5220. The fourth-order valence-corrected chi connectivity index (χ4v) is 17.8. The van der Waals surface area contributed by atoms with Gasteiger partial charge in [0.05, 0.1) is 127 Å². The van der Waals surface area contributed by atoms with Crippen LogP contribution in [0.5, 0.6) is 17.2 Å². The van der Waals surface area contributed by atoms with Crippen LogP contribution in [-0.2, 0) is 85.7 Å². The molecule has 0 bridgehead atoms. The molecule has 0 radical (unpaired) electrons. The molecule has 11 rings (SSSR count). The number of rotatable bonds is 39. The van der Waals surface area contributed by atoms with Gasteiger partial charge in [-0.2, -0.15) is 0 Å². The molecule has 0 spiro atoms. The summed E-state index contributed by atoms with van der Waals surface area (Å²) < 4.78 is 45.8. The summed E-state index contributed by atoms with van der Waals surface area (Å²) in [4.78, 5) is 170. The van der Waals surface area contributed by atoms with Crippen LogP contribution in [0.4, 0.5) is 10.6 Å². The molecular weight excluding hydrogens is 1830 g/mol. The van der Waals surface area contributed by atoms with Crippen LogP contribution >= 0.6 is 22.7 Å². The zero-order valence-corrected chi connectivity index (χ0v) is 76.4. The molecule has 3 fully saturated rings. The molecule has 49 nitrogen and oxygen atoms in total. The van der Waals surface area contributed by atoms with Crippen LogP contribution in [0.25, 0.3) is 10.7 Å². The Morgan fingerprint density at radius 2 is 1.46 bits per heavy atom. The molecule has 734 valence electrons. The number of phenolic OH excluding ortho intramolecular Hbond substituents is 2. The summed E-state index contributed by atoms with van der Waals surface area (Å²) >= 11 is 2.52. The fraction of sp³-hybridized carbons (Fsp3) is 0.561. The Hall–Kier alpha value is -10.6. The first kappa shape index (κ1) is 105. The zero-order valence-electron chi connectivity index (χ0n) is 73.9. The number of fused-ring (bicyclic) bond motifs is 3. The molecule has 4 aromatic heterocycles. The van der Waals surface area contributed by atoms with Crippen LogP contribution in [0, 0.1) is 12.8 Å². The second-order valence-electron chi connectivity index (χ2n) is 33.0. The van der Waals surface area contributed by atoms with Gasteiger partial charge in [-0.05, 0) is 51.6 Å². The van der Waals surface area contributed by atoms with E-state index in [4.69, 9.17) is 72.3 Å². The number of aliphatic hydroxyl groups is 10. The number of imidazole rings is 1. The van der Waals surface area contributed by atoms with Crippen LogP contribution in [-0.4, -0.2) is 342 Å². The molecule has 8 amide bonds. The largest absolute Gasteiger partial charge is 0.507 e. The summed E-state index contributed by atoms with van der Waals surface area (Å²) in [7, 11) is 1.59. The van der Waals surface area contributed by atoms with Crippen molar-refractivity contribution >= 4 is 104 Å². The predicted octanol–water partition coefficient (Wildman–Crippen LogP) is -6.67. The van der Waals surface area contributed by atoms with Gasteiger partial charge in [0, 0.05) is 97.2 Å². The number of nitrogens with zero attached hydrogens (tertiary/aromatic N) is 5.